The van der Waals surface area contributed by atoms with Crippen LogP contribution in [0.5, 0.6) is 0 Å². The van der Waals surface area contributed by atoms with Crippen molar-refractivity contribution >= 4 is 5.91 Å². The van der Waals surface area contributed by atoms with E-state index in [1.807, 2.05) is 24.3 Å². The molecule has 0 radical (unpaired) electrons. The minimum atomic E-state index is -0.109. The summed E-state index contributed by atoms with van der Waals surface area (Å²) in [5.74, 6) is 0.532. The van der Waals surface area contributed by atoms with Crippen LogP contribution in [0.4, 0.5) is 0 Å². The van der Waals surface area contributed by atoms with Crippen LogP contribution in [0, 0.1) is 5.92 Å². The van der Waals surface area contributed by atoms with Crippen LogP contribution in [-0.4, -0.2) is 30.7 Å². The summed E-state index contributed by atoms with van der Waals surface area (Å²) in [6, 6.07) is 7.65. The van der Waals surface area contributed by atoms with E-state index in [2.05, 4.69) is 10.6 Å². The number of hydrogen-bond donors (Lipinski definition) is 3. The SMILES string of the molecule is CNC(=O)c1ccc(CNCC2CCCC(O)C2)cc1. The van der Waals surface area contributed by atoms with Crippen molar-refractivity contribution in [2.45, 2.75) is 38.3 Å². The minimum Gasteiger partial charge on any atom is -0.393 e. The van der Waals surface area contributed by atoms with Crippen LogP contribution in [0.25, 0.3) is 0 Å². The summed E-state index contributed by atoms with van der Waals surface area (Å²) in [7, 11) is 1.64. The van der Waals surface area contributed by atoms with Crippen molar-refractivity contribution in [3.63, 3.8) is 0 Å². The molecule has 20 heavy (non-hydrogen) atoms. The molecule has 0 spiro atoms. The molecule has 2 atom stereocenters. The standard InChI is InChI=1S/C16H24N2O2/c1-17-16(20)14-7-5-12(6-8-14)10-18-11-13-3-2-4-15(19)9-13/h5-8,13,15,18-19H,2-4,9-11H2,1H3,(H,17,20). The molecule has 4 nitrogen and oxygen atoms in total. The summed E-state index contributed by atoms with van der Waals surface area (Å²) >= 11 is 0. The maximum Gasteiger partial charge on any atom is 0.251 e. The molecule has 1 aromatic carbocycles. The molecule has 2 unspecified atom stereocenters. The van der Waals surface area contributed by atoms with Gasteiger partial charge >= 0.3 is 0 Å². The molecular formula is C16H24N2O2. The highest BCUT2D eigenvalue weighted by Crippen LogP contribution is 2.23. The van der Waals surface area contributed by atoms with Crippen LogP contribution in [0.1, 0.15) is 41.6 Å². The number of carbonyl (C=O) groups excluding carboxylic acids is 1. The number of aliphatic hydroxyl groups excluding tert-OH is 1. The first-order valence-electron chi connectivity index (χ1n) is 7.39. The Morgan fingerprint density at radius 2 is 2.05 bits per heavy atom. The molecule has 0 aromatic heterocycles. The number of aliphatic hydroxyl groups is 1. The molecule has 2 rings (SSSR count). The predicted molar refractivity (Wildman–Crippen MR) is 79.5 cm³/mol. The Balaban J connectivity index is 1.75. The molecule has 0 bridgehead atoms. The maximum absolute atomic E-state index is 11.4. The first kappa shape index (κ1) is 15.0. The average Bonchev–Trinajstić information content (AvgIpc) is 2.47. The number of amides is 1. The van der Waals surface area contributed by atoms with Crippen LogP contribution in [0.2, 0.25) is 0 Å². The van der Waals surface area contributed by atoms with Gasteiger partial charge in [0, 0.05) is 19.2 Å². The van der Waals surface area contributed by atoms with Crippen LogP contribution in [0.15, 0.2) is 24.3 Å². The van der Waals surface area contributed by atoms with Gasteiger partial charge in [0.1, 0.15) is 0 Å². The molecule has 0 heterocycles. The largest absolute Gasteiger partial charge is 0.393 e. The van der Waals surface area contributed by atoms with E-state index in [0.717, 1.165) is 32.4 Å². The number of nitrogens with one attached hydrogen (secondary N) is 2. The molecule has 3 N–H and O–H groups in total. The van der Waals surface area contributed by atoms with Gasteiger partial charge in [-0.05, 0) is 49.4 Å². The molecule has 1 aliphatic rings. The van der Waals surface area contributed by atoms with Crippen molar-refractivity contribution in [1.82, 2.24) is 10.6 Å². The highest BCUT2D eigenvalue weighted by Gasteiger charge is 2.19. The number of benzene rings is 1. The van der Waals surface area contributed by atoms with E-state index in [0.29, 0.717) is 11.5 Å². The Hall–Kier alpha value is -1.39. The lowest BCUT2D eigenvalue weighted by molar-refractivity contribution is 0.0962. The zero-order chi connectivity index (χ0) is 14.4. The summed E-state index contributed by atoms with van der Waals surface area (Å²) in [5, 5.41) is 15.7. The zero-order valence-corrected chi connectivity index (χ0v) is 12.1. The Kier molecular flexibility index (Phi) is 5.56. The molecule has 0 aliphatic heterocycles. The monoisotopic (exact) mass is 276 g/mol. The van der Waals surface area contributed by atoms with Crippen molar-refractivity contribution in [2.75, 3.05) is 13.6 Å². The molecule has 1 aromatic rings. The zero-order valence-electron chi connectivity index (χ0n) is 12.1. The van der Waals surface area contributed by atoms with Crippen LogP contribution < -0.4 is 10.6 Å². The highest BCUT2D eigenvalue weighted by atomic mass is 16.3. The minimum absolute atomic E-state index is 0.0549. The molecule has 1 fully saturated rings. The predicted octanol–water partition coefficient (Wildman–Crippen LogP) is 1.69. The Morgan fingerprint density at radius 3 is 2.70 bits per heavy atom. The normalized spacial score (nSPS) is 22.5. The van der Waals surface area contributed by atoms with Gasteiger partial charge in [0.15, 0.2) is 0 Å². The summed E-state index contributed by atoms with van der Waals surface area (Å²) in [6.07, 6.45) is 4.11. The number of carbonyl (C=O) groups is 1. The van der Waals surface area contributed by atoms with Crippen molar-refractivity contribution in [3.8, 4) is 0 Å². The summed E-state index contributed by atoms with van der Waals surface area (Å²) < 4.78 is 0. The van der Waals surface area contributed by atoms with Crippen molar-refractivity contribution in [1.29, 1.82) is 0 Å². The van der Waals surface area contributed by atoms with E-state index < -0.39 is 0 Å². The molecule has 4 heteroatoms. The second kappa shape index (κ2) is 7.41. The maximum atomic E-state index is 11.4. The van der Waals surface area contributed by atoms with E-state index in [9.17, 15) is 9.90 Å². The van der Waals surface area contributed by atoms with Gasteiger partial charge in [0.2, 0.25) is 0 Å². The number of rotatable bonds is 5. The Labute approximate surface area is 120 Å². The lowest BCUT2D eigenvalue weighted by Gasteiger charge is -2.26. The van der Waals surface area contributed by atoms with Crippen molar-refractivity contribution in [3.05, 3.63) is 35.4 Å². The molecule has 1 amide bonds. The molecule has 1 saturated carbocycles. The van der Waals surface area contributed by atoms with Gasteiger partial charge in [-0.1, -0.05) is 18.6 Å². The topological polar surface area (TPSA) is 61.4 Å². The second-order valence-corrected chi connectivity index (χ2v) is 5.59. The Bertz CT molecular complexity index is 431. The van der Waals surface area contributed by atoms with Crippen LogP contribution in [0.3, 0.4) is 0 Å². The quantitative estimate of drug-likeness (QED) is 0.767. The van der Waals surface area contributed by atoms with E-state index in [1.54, 1.807) is 7.05 Å². The van der Waals surface area contributed by atoms with Gasteiger partial charge in [0.25, 0.3) is 5.91 Å². The first-order chi connectivity index (χ1) is 9.69. The van der Waals surface area contributed by atoms with E-state index in [4.69, 9.17) is 0 Å². The first-order valence-corrected chi connectivity index (χ1v) is 7.39. The fourth-order valence-corrected chi connectivity index (χ4v) is 2.79. The fourth-order valence-electron chi connectivity index (χ4n) is 2.79. The van der Waals surface area contributed by atoms with Crippen molar-refractivity contribution in [2.24, 2.45) is 5.92 Å². The molecule has 0 saturated heterocycles. The second-order valence-electron chi connectivity index (χ2n) is 5.59. The Morgan fingerprint density at radius 1 is 1.30 bits per heavy atom. The summed E-state index contributed by atoms with van der Waals surface area (Å²) in [6.45, 7) is 1.76. The third kappa shape index (κ3) is 4.32. The van der Waals surface area contributed by atoms with Crippen LogP contribution >= 0.6 is 0 Å². The van der Waals surface area contributed by atoms with Gasteiger partial charge in [-0.15, -0.1) is 0 Å². The third-order valence-corrected chi connectivity index (χ3v) is 3.96. The summed E-state index contributed by atoms with van der Waals surface area (Å²) in [4.78, 5) is 11.4. The van der Waals surface area contributed by atoms with Gasteiger partial charge in [-0.3, -0.25) is 4.79 Å². The third-order valence-electron chi connectivity index (χ3n) is 3.96. The average molecular weight is 276 g/mol. The van der Waals surface area contributed by atoms with Crippen LogP contribution in [-0.2, 0) is 6.54 Å². The van der Waals surface area contributed by atoms with Crippen molar-refractivity contribution < 1.29 is 9.90 Å². The highest BCUT2D eigenvalue weighted by molar-refractivity contribution is 5.93. The van der Waals surface area contributed by atoms with E-state index in [-0.39, 0.29) is 12.0 Å². The lowest BCUT2D eigenvalue weighted by Crippen LogP contribution is -2.28. The molecule has 110 valence electrons. The lowest BCUT2D eigenvalue weighted by atomic mass is 9.87. The van der Waals surface area contributed by atoms with Gasteiger partial charge in [-0.2, -0.15) is 0 Å². The van der Waals surface area contributed by atoms with Gasteiger partial charge in [0.05, 0.1) is 6.10 Å². The van der Waals surface area contributed by atoms with E-state index >= 15 is 0 Å². The number of hydrogen-bond acceptors (Lipinski definition) is 3. The fraction of sp³-hybridized carbons (Fsp3) is 0.562. The van der Waals surface area contributed by atoms with Gasteiger partial charge in [-0.25, -0.2) is 0 Å². The smallest absolute Gasteiger partial charge is 0.251 e. The molecular weight excluding hydrogens is 252 g/mol. The van der Waals surface area contributed by atoms with Gasteiger partial charge < -0.3 is 15.7 Å². The summed E-state index contributed by atoms with van der Waals surface area (Å²) in [5.41, 5.74) is 1.86. The molecule has 1 aliphatic carbocycles. The van der Waals surface area contributed by atoms with E-state index in [1.165, 1.54) is 12.0 Å².